The van der Waals surface area contributed by atoms with Crippen LogP contribution in [0.25, 0.3) is 0 Å². The average molecular weight is 283 g/mol. The topological polar surface area (TPSA) is 38.1 Å². The maximum absolute atomic E-state index is 12.1. The first-order valence-electron chi connectivity index (χ1n) is 6.97. The molecule has 0 atom stereocenters. The van der Waals surface area contributed by atoms with Gasteiger partial charge in [0.2, 0.25) is 0 Å². The summed E-state index contributed by atoms with van der Waals surface area (Å²) < 4.78 is 1.52. The van der Waals surface area contributed by atoms with Crippen LogP contribution >= 0.6 is 0 Å². The molecule has 21 heavy (non-hydrogen) atoms. The predicted molar refractivity (Wildman–Crippen MR) is 84.6 cm³/mol. The Morgan fingerprint density at radius 2 is 2.05 bits per heavy atom. The number of imidazole rings is 1. The van der Waals surface area contributed by atoms with Gasteiger partial charge in [-0.05, 0) is 30.5 Å². The summed E-state index contributed by atoms with van der Waals surface area (Å²) in [7, 11) is 1.75. The number of hydrogen-bond acceptors (Lipinski definition) is 2. The highest BCUT2D eigenvalue weighted by atomic mass is 16.2. The number of aryl methyl sites for hydroxylation is 2. The van der Waals surface area contributed by atoms with Crippen molar-refractivity contribution < 1.29 is 4.79 Å². The molecule has 2 aromatic rings. The molecule has 0 saturated heterocycles. The number of aromatic nitrogens is 2. The molecule has 0 radical (unpaired) electrons. The third-order valence-corrected chi connectivity index (χ3v) is 3.59. The summed E-state index contributed by atoms with van der Waals surface area (Å²) in [6.07, 6.45) is 5.81. The fraction of sp³-hybridized carbons (Fsp3) is 0.294. The summed E-state index contributed by atoms with van der Waals surface area (Å²) in [5.41, 5.74) is 4.67. The molecule has 0 aliphatic heterocycles. The summed E-state index contributed by atoms with van der Waals surface area (Å²) in [6.45, 7) is 8.35. The number of benzene rings is 1. The Morgan fingerprint density at radius 3 is 2.67 bits per heavy atom. The van der Waals surface area contributed by atoms with Crippen LogP contribution in [0.2, 0.25) is 0 Å². The van der Waals surface area contributed by atoms with Gasteiger partial charge < -0.3 is 4.90 Å². The lowest BCUT2D eigenvalue weighted by Gasteiger charge is -2.14. The number of rotatable bonds is 4. The molecule has 0 aliphatic rings. The van der Waals surface area contributed by atoms with Gasteiger partial charge >= 0.3 is 6.03 Å². The van der Waals surface area contributed by atoms with Gasteiger partial charge in [-0.1, -0.05) is 24.3 Å². The SMILES string of the molecule is C=CCN(C)C(=O)n1cnc(Cc2c(C)cccc2C)c1. The lowest BCUT2D eigenvalue weighted by Crippen LogP contribution is -2.30. The third kappa shape index (κ3) is 3.40. The summed E-state index contributed by atoms with van der Waals surface area (Å²) in [5, 5.41) is 0. The predicted octanol–water partition coefficient (Wildman–Crippen LogP) is 3.18. The van der Waals surface area contributed by atoms with Crippen molar-refractivity contribution >= 4 is 6.03 Å². The smallest absolute Gasteiger partial charge is 0.323 e. The van der Waals surface area contributed by atoms with E-state index in [0.29, 0.717) is 6.54 Å². The first-order valence-corrected chi connectivity index (χ1v) is 6.97. The number of amides is 1. The van der Waals surface area contributed by atoms with Gasteiger partial charge in [0.1, 0.15) is 6.33 Å². The number of likely N-dealkylation sites (N-methyl/N-ethyl adjacent to an activating group) is 1. The van der Waals surface area contributed by atoms with Crippen molar-refractivity contribution in [1.29, 1.82) is 0 Å². The molecule has 0 N–H and O–H groups in total. The van der Waals surface area contributed by atoms with Crippen LogP contribution in [0, 0.1) is 13.8 Å². The summed E-state index contributed by atoms with van der Waals surface area (Å²) in [6, 6.07) is 6.15. The molecule has 1 aromatic carbocycles. The molecular weight excluding hydrogens is 262 g/mol. The molecule has 0 fully saturated rings. The van der Waals surface area contributed by atoms with Crippen molar-refractivity contribution in [2.24, 2.45) is 0 Å². The second-order valence-electron chi connectivity index (χ2n) is 5.27. The lowest BCUT2D eigenvalue weighted by molar-refractivity contribution is 0.215. The highest BCUT2D eigenvalue weighted by Crippen LogP contribution is 2.17. The molecular formula is C17H21N3O. The van der Waals surface area contributed by atoms with Crippen LogP contribution in [0.5, 0.6) is 0 Å². The highest BCUT2D eigenvalue weighted by Gasteiger charge is 2.12. The average Bonchev–Trinajstić information content (AvgIpc) is 2.91. The maximum atomic E-state index is 12.1. The van der Waals surface area contributed by atoms with Crippen molar-refractivity contribution in [1.82, 2.24) is 14.5 Å². The maximum Gasteiger partial charge on any atom is 0.329 e. The van der Waals surface area contributed by atoms with E-state index in [4.69, 9.17) is 0 Å². The fourth-order valence-electron chi connectivity index (χ4n) is 2.34. The minimum atomic E-state index is -0.102. The van der Waals surface area contributed by atoms with Gasteiger partial charge in [0, 0.05) is 26.2 Å². The highest BCUT2D eigenvalue weighted by molar-refractivity contribution is 5.76. The van der Waals surface area contributed by atoms with Crippen molar-refractivity contribution in [3.8, 4) is 0 Å². The summed E-state index contributed by atoms with van der Waals surface area (Å²) in [5.74, 6) is 0. The van der Waals surface area contributed by atoms with Crippen LogP contribution < -0.4 is 0 Å². The van der Waals surface area contributed by atoms with E-state index in [1.54, 1.807) is 30.5 Å². The van der Waals surface area contributed by atoms with Gasteiger partial charge in [-0.25, -0.2) is 9.78 Å². The van der Waals surface area contributed by atoms with E-state index in [1.807, 2.05) is 0 Å². The number of carbonyl (C=O) groups excluding carboxylic acids is 1. The van der Waals surface area contributed by atoms with E-state index >= 15 is 0 Å². The van der Waals surface area contributed by atoms with E-state index in [-0.39, 0.29) is 6.03 Å². The Labute approximate surface area is 125 Å². The van der Waals surface area contributed by atoms with Gasteiger partial charge in [-0.2, -0.15) is 0 Å². The minimum Gasteiger partial charge on any atom is -0.323 e. The van der Waals surface area contributed by atoms with Crippen LogP contribution in [-0.4, -0.2) is 34.1 Å². The van der Waals surface area contributed by atoms with Crippen molar-refractivity contribution in [2.75, 3.05) is 13.6 Å². The second-order valence-corrected chi connectivity index (χ2v) is 5.27. The Kier molecular flexibility index (Phi) is 4.58. The Bertz CT molecular complexity index is 638. The van der Waals surface area contributed by atoms with E-state index in [9.17, 15) is 4.79 Å². The molecule has 1 heterocycles. The first kappa shape index (κ1) is 15.0. The monoisotopic (exact) mass is 283 g/mol. The molecule has 0 saturated carbocycles. The largest absolute Gasteiger partial charge is 0.329 e. The molecule has 1 aromatic heterocycles. The van der Waals surface area contributed by atoms with Crippen molar-refractivity contribution in [3.63, 3.8) is 0 Å². The number of nitrogens with zero attached hydrogens (tertiary/aromatic N) is 3. The van der Waals surface area contributed by atoms with E-state index in [2.05, 4.69) is 43.6 Å². The zero-order valence-corrected chi connectivity index (χ0v) is 12.8. The Balaban J connectivity index is 2.17. The third-order valence-electron chi connectivity index (χ3n) is 3.59. The molecule has 4 heteroatoms. The Morgan fingerprint density at radius 1 is 1.38 bits per heavy atom. The molecule has 0 bridgehead atoms. The van der Waals surface area contributed by atoms with Crippen molar-refractivity contribution in [2.45, 2.75) is 20.3 Å². The molecule has 1 amide bonds. The summed E-state index contributed by atoms with van der Waals surface area (Å²) >= 11 is 0. The molecule has 0 unspecified atom stereocenters. The van der Waals surface area contributed by atoms with E-state index in [0.717, 1.165) is 12.1 Å². The zero-order valence-electron chi connectivity index (χ0n) is 12.8. The van der Waals surface area contributed by atoms with Gasteiger partial charge in [-0.15, -0.1) is 6.58 Å². The lowest BCUT2D eigenvalue weighted by atomic mass is 9.99. The molecule has 4 nitrogen and oxygen atoms in total. The van der Waals surface area contributed by atoms with Gasteiger partial charge in [0.15, 0.2) is 0 Å². The van der Waals surface area contributed by atoms with Crippen LogP contribution in [0.3, 0.4) is 0 Å². The van der Waals surface area contributed by atoms with Crippen LogP contribution in [0.4, 0.5) is 4.79 Å². The minimum absolute atomic E-state index is 0.102. The normalized spacial score (nSPS) is 10.4. The molecule has 0 spiro atoms. The Hall–Kier alpha value is -2.36. The molecule has 0 aliphatic carbocycles. The fourth-order valence-corrected chi connectivity index (χ4v) is 2.34. The van der Waals surface area contributed by atoms with Gasteiger partial charge in [-0.3, -0.25) is 4.57 Å². The van der Waals surface area contributed by atoms with Gasteiger partial charge in [0.05, 0.1) is 5.69 Å². The standard InChI is InChI=1S/C17H21N3O/c1-5-9-19(4)17(21)20-11-15(18-12-20)10-16-13(2)7-6-8-14(16)3/h5-8,11-12H,1,9-10H2,2-4H3. The van der Waals surface area contributed by atoms with Crippen LogP contribution in [0.15, 0.2) is 43.4 Å². The quantitative estimate of drug-likeness (QED) is 0.808. The van der Waals surface area contributed by atoms with E-state index in [1.165, 1.54) is 21.3 Å². The summed E-state index contributed by atoms with van der Waals surface area (Å²) in [4.78, 5) is 18.1. The van der Waals surface area contributed by atoms with Crippen LogP contribution in [0.1, 0.15) is 22.4 Å². The number of carbonyl (C=O) groups is 1. The van der Waals surface area contributed by atoms with Gasteiger partial charge in [0.25, 0.3) is 0 Å². The zero-order chi connectivity index (χ0) is 15.4. The number of hydrogen-bond donors (Lipinski definition) is 0. The first-order chi connectivity index (χ1) is 10.0. The second kappa shape index (κ2) is 6.39. The molecule has 2 rings (SSSR count). The van der Waals surface area contributed by atoms with E-state index < -0.39 is 0 Å². The van der Waals surface area contributed by atoms with Crippen LogP contribution in [-0.2, 0) is 6.42 Å². The van der Waals surface area contributed by atoms with Crippen molar-refractivity contribution in [3.05, 3.63) is 65.8 Å². The molecule has 110 valence electrons.